The molecule has 0 heterocycles. The molecule has 0 saturated heterocycles. The van der Waals surface area contributed by atoms with Crippen LogP contribution in [-0.4, -0.2) is 5.91 Å². The van der Waals surface area contributed by atoms with Crippen molar-refractivity contribution in [1.29, 1.82) is 0 Å². The molecule has 0 aliphatic rings. The van der Waals surface area contributed by atoms with Crippen molar-refractivity contribution in [2.24, 2.45) is 0 Å². The van der Waals surface area contributed by atoms with Crippen LogP contribution in [0.3, 0.4) is 0 Å². The second-order valence-corrected chi connectivity index (χ2v) is 7.07. The highest BCUT2D eigenvalue weighted by Crippen LogP contribution is 2.25. The molecule has 0 fully saturated rings. The third-order valence-electron chi connectivity index (χ3n) is 4.27. The topological polar surface area (TPSA) is 29.1 Å². The molecule has 0 spiro atoms. The fraction of sp³-hybridized carbons (Fsp3) is 0.0870. The van der Waals surface area contributed by atoms with Crippen molar-refractivity contribution in [2.75, 3.05) is 0 Å². The number of halogens is 2. The summed E-state index contributed by atoms with van der Waals surface area (Å²) in [7, 11) is 0. The van der Waals surface area contributed by atoms with Gasteiger partial charge in [-0.2, -0.15) is 0 Å². The van der Waals surface area contributed by atoms with E-state index < -0.39 is 0 Å². The molecule has 0 atom stereocenters. The molecule has 4 heteroatoms. The van der Waals surface area contributed by atoms with Gasteiger partial charge in [-0.1, -0.05) is 77.8 Å². The Morgan fingerprint density at radius 1 is 0.963 bits per heavy atom. The summed E-state index contributed by atoms with van der Waals surface area (Å²) < 4.78 is 0. The van der Waals surface area contributed by atoms with Gasteiger partial charge in [-0.25, -0.2) is 0 Å². The number of carbonyl (C=O) groups is 1. The first kappa shape index (κ1) is 19.2. The van der Waals surface area contributed by atoms with Gasteiger partial charge >= 0.3 is 0 Å². The maximum absolute atomic E-state index is 12.1. The van der Waals surface area contributed by atoms with Gasteiger partial charge in [-0.3, -0.25) is 4.79 Å². The summed E-state index contributed by atoms with van der Waals surface area (Å²) in [6.45, 7) is 2.28. The lowest BCUT2D eigenvalue weighted by Crippen LogP contribution is -2.21. The highest BCUT2D eigenvalue weighted by Gasteiger charge is 2.07. The molecule has 1 amide bonds. The molecule has 0 unspecified atom stereocenters. The van der Waals surface area contributed by atoms with E-state index >= 15 is 0 Å². The van der Waals surface area contributed by atoms with Crippen LogP contribution in [0, 0.1) is 6.92 Å². The SMILES string of the molecule is Cc1cc(Cl)cc(Cl)c1CNC(=O)/C=C/c1ccc(-c2ccccc2)cc1. The predicted octanol–water partition coefficient (Wildman–Crippen LogP) is 6.30. The molecule has 0 radical (unpaired) electrons. The van der Waals surface area contributed by atoms with E-state index in [1.165, 1.54) is 11.6 Å². The minimum absolute atomic E-state index is 0.174. The van der Waals surface area contributed by atoms with Crippen molar-refractivity contribution < 1.29 is 4.79 Å². The number of amides is 1. The molecule has 2 nitrogen and oxygen atoms in total. The molecule has 0 aromatic heterocycles. The molecular weight excluding hydrogens is 377 g/mol. The number of nitrogens with one attached hydrogen (secondary N) is 1. The van der Waals surface area contributed by atoms with Gasteiger partial charge < -0.3 is 5.32 Å². The molecule has 136 valence electrons. The van der Waals surface area contributed by atoms with E-state index in [1.54, 1.807) is 12.1 Å². The van der Waals surface area contributed by atoms with Crippen molar-refractivity contribution in [3.05, 3.63) is 99.5 Å². The molecule has 3 aromatic rings. The van der Waals surface area contributed by atoms with Crippen molar-refractivity contribution >= 4 is 35.2 Å². The van der Waals surface area contributed by atoms with Crippen LogP contribution in [0.2, 0.25) is 10.0 Å². The summed E-state index contributed by atoms with van der Waals surface area (Å²) in [6, 6.07) is 21.8. The minimum atomic E-state index is -0.174. The smallest absolute Gasteiger partial charge is 0.244 e. The summed E-state index contributed by atoms with van der Waals surface area (Å²) in [5, 5.41) is 4.00. The van der Waals surface area contributed by atoms with Gasteiger partial charge in [-0.15, -0.1) is 0 Å². The number of aryl methyl sites for hydroxylation is 1. The molecule has 0 saturated carbocycles. The van der Waals surface area contributed by atoms with Crippen LogP contribution in [0.4, 0.5) is 0 Å². The zero-order valence-electron chi connectivity index (χ0n) is 14.9. The first-order valence-electron chi connectivity index (χ1n) is 8.59. The van der Waals surface area contributed by atoms with E-state index in [-0.39, 0.29) is 5.91 Å². The van der Waals surface area contributed by atoms with Crippen LogP contribution in [0.1, 0.15) is 16.7 Å². The van der Waals surface area contributed by atoms with E-state index in [0.29, 0.717) is 16.6 Å². The molecule has 0 bridgehead atoms. The number of carbonyl (C=O) groups excluding carboxylic acids is 1. The fourth-order valence-electron chi connectivity index (χ4n) is 2.78. The maximum atomic E-state index is 12.1. The Morgan fingerprint density at radius 3 is 2.30 bits per heavy atom. The van der Waals surface area contributed by atoms with Crippen LogP contribution < -0.4 is 5.32 Å². The van der Waals surface area contributed by atoms with Gasteiger partial charge in [0.15, 0.2) is 0 Å². The van der Waals surface area contributed by atoms with E-state index in [9.17, 15) is 4.79 Å². The van der Waals surface area contributed by atoms with E-state index in [1.807, 2.05) is 55.5 Å². The minimum Gasteiger partial charge on any atom is -0.348 e. The first-order valence-corrected chi connectivity index (χ1v) is 9.34. The highest BCUT2D eigenvalue weighted by atomic mass is 35.5. The third-order valence-corrected chi connectivity index (χ3v) is 4.82. The van der Waals surface area contributed by atoms with Crippen molar-refractivity contribution in [1.82, 2.24) is 5.32 Å². The average Bonchev–Trinajstić information content (AvgIpc) is 2.66. The van der Waals surface area contributed by atoms with Gasteiger partial charge in [0.2, 0.25) is 5.91 Å². The normalized spacial score (nSPS) is 10.9. The number of benzene rings is 3. The van der Waals surface area contributed by atoms with Gasteiger partial charge in [0.1, 0.15) is 0 Å². The predicted molar refractivity (Wildman–Crippen MR) is 114 cm³/mol. The Hall–Kier alpha value is -2.55. The second-order valence-electron chi connectivity index (χ2n) is 6.22. The number of hydrogen-bond donors (Lipinski definition) is 1. The second kappa shape index (κ2) is 8.90. The Labute approximate surface area is 169 Å². The zero-order valence-corrected chi connectivity index (χ0v) is 16.4. The standard InChI is InChI=1S/C23H19Cl2NO/c1-16-13-20(24)14-22(25)21(16)15-26-23(27)12-9-17-7-10-19(11-8-17)18-5-3-2-4-6-18/h2-14H,15H2,1H3,(H,26,27)/b12-9+. The molecule has 3 aromatic carbocycles. The fourth-order valence-corrected chi connectivity index (χ4v) is 3.44. The first-order chi connectivity index (χ1) is 13.0. The molecule has 1 N–H and O–H groups in total. The van der Waals surface area contributed by atoms with Crippen molar-refractivity contribution in [2.45, 2.75) is 13.5 Å². The monoisotopic (exact) mass is 395 g/mol. The van der Waals surface area contributed by atoms with Crippen LogP contribution in [0.5, 0.6) is 0 Å². The van der Waals surface area contributed by atoms with Crippen molar-refractivity contribution in [3.63, 3.8) is 0 Å². The van der Waals surface area contributed by atoms with E-state index in [2.05, 4.69) is 17.4 Å². The molecule has 27 heavy (non-hydrogen) atoms. The summed E-state index contributed by atoms with van der Waals surface area (Å²) in [6.07, 6.45) is 3.32. The number of rotatable bonds is 5. The van der Waals surface area contributed by atoms with E-state index in [0.717, 1.165) is 22.3 Å². The lowest BCUT2D eigenvalue weighted by atomic mass is 10.0. The van der Waals surface area contributed by atoms with Crippen LogP contribution in [0.25, 0.3) is 17.2 Å². The van der Waals surface area contributed by atoms with Crippen LogP contribution in [0.15, 0.2) is 72.8 Å². The van der Waals surface area contributed by atoms with Gasteiger partial charge in [-0.05, 0) is 52.9 Å². The van der Waals surface area contributed by atoms with Gasteiger partial charge in [0.25, 0.3) is 0 Å². The van der Waals surface area contributed by atoms with Gasteiger partial charge in [0, 0.05) is 22.7 Å². The third kappa shape index (κ3) is 5.22. The quantitative estimate of drug-likeness (QED) is 0.504. The Kier molecular flexibility index (Phi) is 6.33. The lowest BCUT2D eigenvalue weighted by molar-refractivity contribution is -0.116. The van der Waals surface area contributed by atoms with Crippen LogP contribution in [-0.2, 0) is 11.3 Å². The lowest BCUT2D eigenvalue weighted by Gasteiger charge is -2.09. The molecule has 3 rings (SSSR count). The average molecular weight is 396 g/mol. The largest absolute Gasteiger partial charge is 0.348 e. The zero-order chi connectivity index (χ0) is 19.2. The Bertz CT molecular complexity index is 940. The molecule has 0 aliphatic carbocycles. The summed E-state index contributed by atoms with van der Waals surface area (Å²) in [5.41, 5.74) is 5.10. The Balaban J connectivity index is 1.60. The Morgan fingerprint density at radius 2 is 1.63 bits per heavy atom. The molecule has 0 aliphatic heterocycles. The summed E-state index contributed by atoms with van der Waals surface area (Å²) >= 11 is 12.2. The van der Waals surface area contributed by atoms with Gasteiger partial charge in [0.05, 0.1) is 0 Å². The summed E-state index contributed by atoms with van der Waals surface area (Å²) in [5.74, 6) is -0.174. The molecular formula is C23H19Cl2NO. The maximum Gasteiger partial charge on any atom is 0.244 e. The summed E-state index contributed by atoms with van der Waals surface area (Å²) in [4.78, 5) is 12.1. The highest BCUT2D eigenvalue weighted by molar-refractivity contribution is 6.35. The van der Waals surface area contributed by atoms with Crippen LogP contribution >= 0.6 is 23.2 Å². The number of hydrogen-bond acceptors (Lipinski definition) is 1. The van der Waals surface area contributed by atoms with Crippen molar-refractivity contribution in [3.8, 4) is 11.1 Å². The van der Waals surface area contributed by atoms with E-state index in [4.69, 9.17) is 23.2 Å².